The maximum absolute atomic E-state index is 11.9. The fraction of sp³-hybridized carbons (Fsp3) is 0.917. The number of carbonyl (C=O) groups excluding carboxylic acids is 1. The van der Waals surface area contributed by atoms with E-state index in [4.69, 9.17) is 8.92 Å². The van der Waals surface area contributed by atoms with Crippen molar-refractivity contribution >= 4 is 17.2 Å². The SMILES string of the molecule is CC(=O)OC1C(C)COS(=O)N(C)C1CC(C)C. The van der Waals surface area contributed by atoms with Crippen LogP contribution >= 0.6 is 0 Å². The van der Waals surface area contributed by atoms with Crippen molar-refractivity contribution < 1.29 is 17.9 Å². The lowest BCUT2D eigenvalue weighted by atomic mass is 9.92. The van der Waals surface area contributed by atoms with E-state index < -0.39 is 11.3 Å². The third kappa shape index (κ3) is 4.03. The van der Waals surface area contributed by atoms with Crippen LogP contribution in [0.5, 0.6) is 0 Å². The van der Waals surface area contributed by atoms with Crippen molar-refractivity contribution in [1.29, 1.82) is 0 Å². The number of ether oxygens (including phenoxy) is 1. The first-order chi connectivity index (χ1) is 8.32. The molecule has 0 spiro atoms. The third-order valence-electron chi connectivity index (χ3n) is 3.09. The summed E-state index contributed by atoms with van der Waals surface area (Å²) < 4.78 is 24.2. The number of rotatable bonds is 3. The van der Waals surface area contributed by atoms with Crippen LogP contribution < -0.4 is 0 Å². The molecular weight excluding hydrogens is 254 g/mol. The highest BCUT2D eigenvalue weighted by Crippen LogP contribution is 2.26. The van der Waals surface area contributed by atoms with E-state index in [-0.39, 0.29) is 24.0 Å². The molecule has 18 heavy (non-hydrogen) atoms. The summed E-state index contributed by atoms with van der Waals surface area (Å²) in [6, 6.07) is -0.0766. The summed E-state index contributed by atoms with van der Waals surface area (Å²) in [7, 11) is 1.75. The topological polar surface area (TPSA) is 55.8 Å². The van der Waals surface area contributed by atoms with Gasteiger partial charge in [0.05, 0.1) is 12.6 Å². The van der Waals surface area contributed by atoms with E-state index in [0.717, 1.165) is 6.42 Å². The van der Waals surface area contributed by atoms with Gasteiger partial charge in [-0.2, -0.15) is 4.31 Å². The molecule has 0 N–H and O–H groups in total. The van der Waals surface area contributed by atoms with E-state index in [0.29, 0.717) is 12.5 Å². The molecule has 0 amide bonds. The average molecular weight is 277 g/mol. The second kappa shape index (κ2) is 6.63. The summed E-state index contributed by atoms with van der Waals surface area (Å²) in [4.78, 5) is 11.2. The molecule has 1 aliphatic rings. The van der Waals surface area contributed by atoms with E-state index in [1.807, 2.05) is 6.92 Å². The second-order valence-electron chi connectivity index (χ2n) is 5.30. The van der Waals surface area contributed by atoms with Crippen molar-refractivity contribution in [3.63, 3.8) is 0 Å². The van der Waals surface area contributed by atoms with Crippen LogP contribution in [-0.4, -0.2) is 40.3 Å². The first-order valence-corrected chi connectivity index (χ1v) is 7.31. The van der Waals surface area contributed by atoms with Crippen molar-refractivity contribution in [2.75, 3.05) is 13.7 Å². The van der Waals surface area contributed by atoms with E-state index in [2.05, 4.69) is 13.8 Å². The summed E-state index contributed by atoms with van der Waals surface area (Å²) in [6.45, 7) is 7.89. The lowest BCUT2D eigenvalue weighted by molar-refractivity contribution is -0.152. The van der Waals surface area contributed by atoms with Gasteiger partial charge < -0.3 is 4.74 Å². The fourth-order valence-electron chi connectivity index (χ4n) is 2.19. The van der Waals surface area contributed by atoms with Crippen molar-refractivity contribution in [3.8, 4) is 0 Å². The molecule has 106 valence electrons. The lowest BCUT2D eigenvalue weighted by Crippen LogP contribution is -2.45. The molecule has 1 rings (SSSR count). The molecule has 1 fully saturated rings. The molecular formula is C12H23NO4S. The van der Waals surface area contributed by atoms with Crippen LogP contribution in [0.1, 0.15) is 34.1 Å². The van der Waals surface area contributed by atoms with E-state index >= 15 is 0 Å². The summed E-state index contributed by atoms with van der Waals surface area (Å²) in [5.41, 5.74) is 0. The molecule has 1 heterocycles. The minimum atomic E-state index is -1.46. The fourth-order valence-corrected chi connectivity index (χ4v) is 3.12. The Morgan fingerprint density at radius 1 is 1.56 bits per heavy atom. The molecule has 0 saturated carbocycles. The monoisotopic (exact) mass is 277 g/mol. The summed E-state index contributed by atoms with van der Waals surface area (Å²) in [5.74, 6) is 0.158. The van der Waals surface area contributed by atoms with Crippen LogP contribution in [-0.2, 0) is 25.0 Å². The van der Waals surface area contributed by atoms with Crippen LogP contribution in [0, 0.1) is 11.8 Å². The van der Waals surface area contributed by atoms with Gasteiger partial charge in [0.2, 0.25) is 11.3 Å². The van der Waals surface area contributed by atoms with Crippen LogP contribution in [0.4, 0.5) is 0 Å². The van der Waals surface area contributed by atoms with Crippen molar-refractivity contribution in [2.45, 2.75) is 46.3 Å². The normalized spacial score (nSPS) is 34.3. The number of likely N-dealkylation sites (N-methyl/N-ethyl adjacent to an activating group) is 1. The summed E-state index contributed by atoms with van der Waals surface area (Å²) >= 11 is -1.46. The maximum atomic E-state index is 11.9. The third-order valence-corrected chi connectivity index (χ3v) is 4.17. The minimum Gasteiger partial charge on any atom is -0.460 e. The number of nitrogens with zero attached hydrogens (tertiary/aromatic N) is 1. The van der Waals surface area contributed by atoms with E-state index in [1.54, 1.807) is 11.4 Å². The molecule has 6 heteroatoms. The Hall–Kier alpha value is -0.460. The predicted molar refractivity (Wildman–Crippen MR) is 69.8 cm³/mol. The Balaban J connectivity index is 2.95. The number of hydrogen-bond acceptors (Lipinski definition) is 4. The zero-order chi connectivity index (χ0) is 13.9. The summed E-state index contributed by atoms with van der Waals surface area (Å²) in [5, 5.41) is 0. The average Bonchev–Trinajstić information content (AvgIpc) is 2.35. The highest BCUT2D eigenvalue weighted by atomic mass is 32.2. The first-order valence-electron chi connectivity index (χ1n) is 6.28. The molecule has 5 nitrogen and oxygen atoms in total. The minimum absolute atomic E-state index is 0.0338. The van der Waals surface area contributed by atoms with Crippen molar-refractivity contribution in [2.24, 2.45) is 11.8 Å². The van der Waals surface area contributed by atoms with Crippen LogP contribution in [0.2, 0.25) is 0 Å². The molecule has 0 aromatic carbocycles. The van der Waals surface area contributed by atoms with Gasteiger partial charge in [0, 0.05) is 19.9 Å². The van der Waals surface area contributed by atoms with E-state index in [9.17, 15) is 9.00 Å². The Morgan fingerprint density at radius 2 is 2.17 bits per heavy atom. The van der Waals surface area contributed by atoms with Crippen molar-refractivity contribution in [3.05, 3.63) is 0 Å². The largest absolute Gasteiger partial charge is 0.460 e. The van der Waals surface area contributed by atoms with E-state index in [1.165, 1.54) is 6.92 Å². The van der Waals surface area contributed by atoms with Gasteiger partial charge in [0.15, 0.2) is 0 Å². The zero-order valence-electron chi connectivity index (χ0n) is 11.7. The van der Waals surface area contributed by atoms with Gasteiger partial charge in [-0.3, -0.25) is 8.98 Å². The number of esters is 1. The van der Waals surface area contributed by atoms with Crippen LogP contribution in [0.15, 0.2) is 0 Å². The van der Waals surface area contributed by atoms with Crippen molar-refractivity contribution in [1.82, 2.24) is 4.31 Å². The molecule has 1 saturated heterocycles. The standard InChI is InChI=1S/C12H23NO4S/c1-8(2)6-11-12(17-10(4)14)9(3)7-16-18(15)13(11)5/h8-9,11-12H,6-7H2,1-5H3. The van der Waals surface area contributed by atoms with Crippen LogP contribution in [0.3, 0.4) is 0 Å². The Kier molecular flexibility index (Phi) is 5.75. The maximum Gasteiger partial charge on any atom is 0.302 e. The molecule has 0 radical (unpaired) electrons. The van der Waals surface area contributed by atoms with Gasteiger partial charge in [0.25, 0.3) is 0 Å². The Bertz CT molecular complexity index is 321. The zero-order valence-corrected chi connectivity index (χ0v) is 12.5. The lowest BCUT2D eigenvalue weighted by Gasteiger charge is -2.32. The van der Waals surface area contributed by atoms with Gasteiger partial charge in [0.1, 0.15) is 6.10 Å². The second-order valence-corrected chi connectivity index (χ2v) is 6.54. The highest BCUT2D eigenvalue weighted by molar-refractivity contribution is 7.77. The molecule has 4 unspecified atom stereocenters. The Labute approximate surface area is 112 Å². The quantitative estimate of drug-likeness (QED) is 0.734. The molecule has 0 aromatic heterocycles. The molecule has 4 atom stereocenters. The van der Waals surface area contributed by atoms with Crippen LogP contribution in [0.25, 0.3) is 0 Å². The highest BCUT2D eigenvalue weighted by Gasteiger charge is 2.38. The molecule has 0 bridgehead atoms. The molecule has 1 aliphatic heterocycles. The van der Waals surface area contributed by atoms with Gasteiger partial charge in [-0.15, -0.1) is 0 Å². The smallest absolute Gasteiger partial charge is 0.302 e. The summed E-state index contributed by atoms with van der Waals surface area (Å²) in [6.07, 6.45) is 0.537. The molecule has 0 aromatic rings. The predicted octanol–water partition coefficient (Wildman–Crippen LogP) is 1.51. The van der Waals surface area contributed by atoms with Gasteiger partial charge >= 0.3 is 5.97 Å². The number of hydrogen-bond donors (Lipinski definition) is 0. The van der Waals surface area contributed by atoms with Gasteiger partial charge in [-0.1, -0.05) is 20.8 Å². The van der Waals surface area contributed by atoms with Gasteiger partial charge in [-0.05, 0) is 12.3 Å². The molecule has 0 aliphatic carbocycles. The first kappa shape index (κ1) is 15.6. The Morgan fingerprint density at radius 3 is 2.67 bits per heavy atom. The number of carbonyl (C=O) groups is 1. The van der Waals surface area contributed by atoms with Gasteiger partial charge in [-0.25, -0.2) is 4.21 Å².